The molecular weight excluding hydrogens is 384 g/mol. The van der Waals surface area contributed by atoms with E-state index in [1.807, 2.05) is 38.1 Å². The van der Waals surface area contributed by atoms with Gasteiger partial charge in [-0.2, -0.15) is 0 Å². The zero-order valence-electron chi connectivity index (χ0n) is 16.0. The summed E-state index contributed by atoms with van der Waals surface area (Å²) >= 11 is 0. The van der Waals surface area contributed by atoms with Gasteiger partial charge in [-0.3, -0.25) is 0 Å². The summed E-state index contributed by atoms with van der Waals surface area (Å²) in [7, 11) is -3.50. The molecule has 0 amide bonds. The standard InChI is InChI=1S/C19H26N2O4S2/c1-5-26(22,23)20-14-19(16-8-10-17(11-9-16)21(3)4)27(24,25)18-12-6-15(2)7-13-18/h6-13,19-20H,5,14H2,1-4H3/t19-/m1/s1. The molecule has 6 nitrogen and oxygen atoms in total. The Morgan fingerprint density at radius 1 is 0.926 bits per heavy atom. The van der Waals surface area contributed by atoms with Gasteiger partial charge in [-0.25, -0.2) is 21.6 Å². The van der Waals surface area contributed by atoms with Crippen LogP contribution in [0.4, 0.5) is 5.69 Å². The van der Waals surface area contributed by atoms with Crippen LogP contribution in [-0.4, -0.2) is 43.2 Å². The highest BCUT2D eigenvalue weighted by Crippen LogP contribution is 2.30. The van der Waals surface area contributed by atoms with Crippen molar-refractivity contribution < 1.29 is 16.8 Å². The Kier molecular flexibility index (Phi) is 6.67. The second-order valence-corrected chi connectivity index (χ2v) is 10.8. The van der Waals surface area contributed by atoms with E-state index in [9.17, 15) is 16.8 Å². The predicted molar refractivity (Wildman–Crippen MR) is 109 cm³/mol. The molecule has 0 aromatic heterocycles. The number of nitrogens with one attached hydrogen (secondary N) is 1. The topological polar surface area (TPSA) is 83.6 Å². The number of sulfone groups is 1. The first-order valence-corrected chi connectivity index (χ1v) is 11.8. The maximum Gasteiger partial charge on any atom is 0.211 e. The lowest BCUT2D eigenvalue weighted by Crippen LogP contribution is -2.33. The van der Waals surface area contributed by atoms with Crippen LogP contribution in [0.15, 0.2) is 53.4 Å². The lowest BCUT2D eigenvalue weighted by atomic mass is 10.1. The number of hydrogen-bond donors (Lipinski definition) is 1. The SMILES string of the molecule is CCS(=O)(=O)NC[C@H](c1ccc(N(C)C)cc1)S(=O)(=O)c1ccc(C)cc1. The molecule has 2 aromatic rings. The molecule has 0 aliphatic carbocycles. The Morgan fingerprint density at radius 2 is 1.48 bits per heavy atom. The van der Waals surface area contributed by atoms with Crippen LogP contribution < -0.4 is 9.62 Å². The Balaban J connectivity index is 2.46. The molecule has 1 N–H and O–H groups in total. The van der Waals surface area contributed by atoms with Gasteiger partial charge in [0.2, 0.25) is 10.0 Å². The lowest BCUT2D eigenvalue weighted by molar-refractivity contribution is 0.569. The fourth-order valence-corrected chi connectivity index (χ4v) is 4.98. The van der Waals surface area contributed by atoms with E-state index in [-0.39, 0.29) is 17.2 Å². The van der Waals surface area contributed by atoms with Crippen molar-refractivity contribution >= 4 is 25.5 Å². The Bertz CT molecular complexity index is 965. The van der Waals surface area contributed by atoms with Crippen molar-refractivity contribution in [2.24, 2.45) is 0 Å². The molecule has 0 aliphatic rings. The van der Waals surface area contributed by atoms with Crippen molar-refractivity contribution in [1.82, 2.24) is 4.72 Å². The van der Waals surface area contributed by atoms with Crippen molar-refractivity contribution in [2.75, 3.05) is 31.3 Å². The van der Waals surface area contributed by atoms with Gasteiger partial charge >= 0.3 is 0 Å². The molecule has 8 heteroatoms. The number of hydrogen-bond acceptors (Lipinski definition) is 5. The van der Waals surface area contributed by atoms with Crippen LogP contribution in [0.2, 0.25) is 0 Å². The van der Waals surface area contributed by atoms with Crippen molar-refractivity contribution in [2.45, 2.75) is 24.0 Å². The predicted octanol–water partition coefficient (Wildman–Crippen LogP) is 2.52. The molecule has 148 valence electrons. The van der Waals surface area contributed by atoms with Gasteiger partial charge in [0, 0.05) is 26.3 Å². The fraction of sp³-hybridized carbons (Fsp3) is 0.368. The van der Waals surface area contributed by atoms with E-state index in [0.29, 0.717) is 5.56 Å². The van der Waals surface area contributed by atoms with Crippen LogP contribution in [0, 0.1) is 6.92 Å². The van der Waals surface area contributed by atoms with E-state index >= 15 is 0 Å². The normalized spacial score (nSPS) is 13.3. The third-order valence-electron chi connectivity index (χ3n) is 4.37. The first kappa shape index (κ1) is 21.4. The molecule has 0 spiro atoms. The first-order chi connectivity index (χ1) is 12.6. The lowest BCUT2D eigenvalue weighted by Gasteiger charge is -2.20. The number of sulfonamides is 1. The number of anilines is 1. The summed E-state index contributed by atoms with van der Waals surface area (Å²) in [6.45, 7) is 3.18. The largest absolute Gasteiger partial charge is 0.378 e. The van der Waals surface area contributed by atoms with E-state index < -0.39 is 25.1 Å². The molecule has 2 rings (SSSR count). The highest BCUT2D eigenvalue weighted by Gasteiger charge is 2.30. The van der Waals surface area contributed by atoms with E-state index in [4.69, 9.17) is 0 Å². The summed E-state index contributed by atoms with van der Waals surface area (Å²) < 4.78 is 52.6. The fourth-order valence-electron chi connectivity index (χ4n) is 2.59. The van der Waals surface area contributed by atoms with Gasteiger partial charge in [0.15, 0.2) is 9.84 Å². The Labute approximate surface area is 162 Å². The van der Waals surface area contributed by atoms with E-state index in [1.54, 1.807) is 36.4 Å². The third-order valence-corrected chi connectivity index (χ3v) is 7.86. The zero-order chi connectivity index (χ0) is 20.2. The number of benzene rings is 2. The van der Waals surface area contributed by atoms with Crippen LogP contribution in [0.1, 0.15) is 23.3 Å². The minimum atomic E-state index is -3.78. The molecule has 0 aliphatic heterocycles. The molecule has 0 radical (unpaired) electrons. The highest BCUT2D eigenvalue weighted by atomic mass is 32.2. The molecular formula is C19H26N2O4S2. The van der Waals surface area contributed by atoms with Crippen molar-refractivity contribution in [3.8, 4) is 0 Å². The van der Waals surface area contributed by atoms with Crippen molar-refractivity contribution in [3.05, 3.63) is 59.7 Å². The molecule has 0 saturated carbocycles. The molecule has 27 heavy (non-hydrogen) atoms. The molecule has 0 fully saturated rings. The first-order valence-electron chi connectivity index (χ1n) is 8.62. The van der Waals surface area contributed by atoms with Crippen LogP contribution in [0.3, 0.4) is 0 Å². The number of rotatable bonds is 8. The number of nitrogens with zero attached hydrogens (tertiary/aromatic N) is 1. The minimum absolute atomic E-state index is 0.107. The van der Waals surface area contributed by atoms with Crippen molar-refractivity contribution in [3.63, 3.8) is 0 Å². The van der Waals surface area contributed by atoms with Crippen molar-refractivity contribution in [1.29, 1.82) is 0 Å². The van der Waals surface area contributed by atoms with Gasteiger partial charge in [-0.05, 0) is 43.7 Å². The average Bonchev–Trinajstić information content (AvgIpc) is 2.62. The summed E-state index contributed by atoms with van der Waals surface area (Å²) in [6, 6.07) is 13.7. The maximum absolute atomic E-state index is 13.2. The number of aryl methyl sites for hydroxylation is 1. The van der Waals surface area contributed by atoms with Gasteiger partial charge < -0.3 is 4.90 Å². The second kappa shape index (κ2) is 8.41. The second-order valence-electron chi connectivity index (χ2n) is 6.58. The molecule has 0 bridgehead atoms. The third kappa shape index (κ3) is 5.31. The van der Waals surface area contributed by atoms with Gasteiger partial charge in [0.1, 0.15) is 5.25 Å². The van der Waals surface area contributed by atoms with Gasteiger partial charge in [-0.15, -0.1) is 0 Å². The van der Waals surface area contributed by atoms with Gasteiger partial charge in [-0.1, -0.05) is 29.8 Å². The average molecular weight is 411 g/mol. The summed E-state index contributed by atoms with van der Waals surface area (Å²) in [5.41, 5.74) is 2.42. The molecule has 0 unspecified atom stereocenters. The Morgan fingerprint density at radius 3 is 1.96 bits per heavy atom. The maximum atomic E-state index is 13.2. The van der Waals surface area contributed by atoms with Gasteiger partial charge in [0.25, 0.3) is 0 Å². The zero-order valence-corrected chi connectivity index (χ0v) is 17.6. The molecule has 0 heterocycles. The summed E-state index contributed by atoms with van der Waals surface area (Å²) in [5.74, 6) is -0.107. The summed E-state index contributed by atoms with van der Waals surface area (Å²) in [6.07, 6.45) is 0. The summed E-state index contributed by atoms with van der Waals surface area (Å²) in [4.78, 5) is 2.08. The smallest absolute Gasteiger partial charge is 0.211 e. The monoisotopic (exact) mass is 410 g/mol. The van der Waals surface area contributed by atoms with E-state index in [2.05, 4.69) is 4.72 Å². The minimum Gasteiger partial charge on any atom is -0.378 e. The van der Waals surface area contributed by atoms with E-state index in [0.717, 1.165) is 11.3 Å². The highest BCUT2D eigenvalue weighted by molar-refractivity contribution is 7.92. The Hall–Kier alpha value is -1.90. The van der Waals surface area contributed by atoms with Gasteiger partial charge in [0.05, 0.1) is 10.6 Å². The quantitative estimate of drug-likeness (QED) is 0.723. The molecule has 1 atom stereocenters. The van der Waals surface area contributed by atoms with Crippen LogP contribution in [-0.2, 0) is 19.9 Å². The molecule has 0 saturated heterocycles. The van der Waals surface area contributed by atoms with E-state index in [1.165, 1.54) is 6.92 Å². The summed E-state index contributed by atoms with van der Waals surface area (Å²) in [5, 5.41) is -1.02. The van der Waals surface area contributed by atoms with Crippen LogP contribution >= 0.6 is 0 Å². The van der Waals surface area contributed by atoms with Crippen LogP contribution in [0.5, 0.6) is 0 Å². The molecule has 2 aromatic carbocycles. The van der Waals surface area contributed by atoms with Crippen LogP contribution in [0.25, 0.3) is 0 Å².